The Morgan fingerprint density at radius 3 is 2.85 bits per heavy atom. The van der Waals surface area contributed by atoms with Crippen LogP contribution in [-0.4, -0.2) is 18.1 Å². The summed E-state index contributed by atoms with van der Waals surface area (Å²) in [6.45, 7) is 1.35. The van der Waals surface area contributed by atoms with Crippen LogP contribution in [-0.2, 0) is 0 Å². The number of nitrogens with one attached hydrogen (secondary N) is 1. The van der Waals surface area contributed by atoms with Crippen LogP contribution in [0.4, 0.5) is 5.13 Å². The highest BCUT2D eigenvalue weighted by atomic mass is 79.9. The van der Waals surface area contributed by atoms with Gasteiger partial charge in [0.15, 0.2) is 5.13 Å². The molecule has 20 heavy (non-hydrogen) atoms. The maximum absolute atomic E-state index is 5.63. The molecule has 2 aromatic carbocycles. The van der Waals surface area contributed by atoms with E-state index in [9.17, 15) is 0 Å². The highest BCUT2D eigenvalue weighted by Crippen LogP contribution is 2.28. The Balaban J connectivity index is 1.55. The molecular formula is C15H13BrN2OS. The SMILES string of the molecule is Brc1ccc2nc(NCCOc3ccccc3)sc2c1. The lowest BCUT2D eigenvalue weighted by Crippen LogP contribution is -2.11. The van der Waals surface area contributed by atoms with Gasteiger partial charge in [-0.15, -0.1) is 0 Å². The molecule has 3 nitrogen and oxygen atoms in total. The number of halogens is 1. The minimum atomic E-state index is 0.615. The van der Waals surface area contributed by atoms with Crippen molar-refractivity contribution in [3.63, 3.8) is 0 Å². The van der Waals surface area contributed by atoms with Crippen molar-refractivity contribution in [3.8, 4) is 5.75 Å². The first-order valence-corrected chi connectivity index (χ1v) is 7.90. The standard InChI is InChI=1S/C15H13BrN2OS/c16-11-6-7-13-14(10-11)20-15(18-13)17-8-9-19-12-4-2-1-3-5-12/h1-7,10H,8-9H2,(H,17,18). The number of aromatic nitrogens is 1. The molecule has 0 atom stereocenters. The first-order chi connectivity index (χ1) is 9.81. The van der Waals surface area contributed by atoms with E-state index in [-0.39, 0.29) is 0 Å². The van der Waals surface area contributed by atoms with Gasteiger partial charge in [0.2, 0.25) is 0 Å². The zero-order valence-electron chi connectivity index (χ0n) is 10.7. The molecule has 0 aliphatic heterocycles. The fourth-order valence-corrected chi connectivity index (χ4v) is 3.26. The number of anilines is 1. The molecule has 0 saturated heterocycles. The molecule has 0 fully saturated rings. The van der Waals surface area contributed by atoms with Gasteiger partial charge in [0, 0.05) is 4.47 Å². The van der Waals surface area contributed by atoms with Gasteiger partial charge in [-0.25, -0.2) is 4.98 Å². The van der Waals surface area contributed by atoms with E-state index >= 15 is 0 Å². The van der Waals surface area contributed by atoms with Crippen LogP contribution < -0.4 is 10.1 Å². The van der Waals surface area contributed by atoms with Gasteiger partial charge < -0.3 is 10.1 Å². The summed E-state index contributed by atoms with van der Waals surface area (Å²) in [6.07, 6.45) is 0. The second-order valence-corrected chi connectivity index (χ2v) is 6.17. The molecule has 0 aliphatic carbocycles. The monoisotopic (exact) mass is 348 g/mol. The number of hydrogen-bond acceptors (Lipinski definition) is 4. The number of nitrogens with zero attached hydrogens (tertiary/aromatic N) is 1. The van der Waals surface area contributed by atoms with Crippen LogP contribution in [0.25, 0.3) is 10.2 Å². The van der Waals surface area contributed by atoms with Crippen molar-refractivity contribution in [2.45, 2.75) is 0 Å². The van der Waals surface area contributed by atoms with Gasteiger partial charge in [-0.1, -0.05) is 45.5 Å². The van der Waals surface area contributed by atoms with Crippen molar-refractivity contribution >= 4 is 42.6 Å². The van der Waals surface area contributed by atoms with Gasteiger partial charge in [0.05, 0.1) is 16.8 Å². The second kappa shape index (κ2) is 6.24. The summed E-state index contributed by atoms with van der Waals surface area (Å²) in [5.41, 5.74) is 1.02. The molecule has 3 aromatic rings. The first-order valence-electron chi connectivity index (χ1n) is 6.29. The van der Waals surface area contributed by atoms with Crippen LogP contribution in [0.3, 0.4) is 0 Å². The number of fused-ring (bicyclic) bond motifs is 1. The maximum atomic E-state index is 5.63. The van der Waals surface area contributed by atoms with Crippen molar-refractivity contribution in [1.82, 2.24) is 4.98 Å². The molecule has 0 saturated carbocycles. The Hall–Kier alpha value is -1.59. The summed E-state index contributed by atoms with van der Waals surface area (Å²) in [5, 5.41) is 4.22. The summed E-state index contributed by atoms with van der Waals surface area (Å²) in [6, 6.07) is 15.9. The van der Waals surface area contributed by atoms with E-state index in [1.807, 2.05) is 42.5 Å². The number of thiazole rings is 1. The van der Waals surface area contributed by atoms with E-state index in [2.05, 4.69) is 32.3 Å². The molecule has 1 N–H and O–H groups in total. The van der Waals surface area contributed by atoms with Crippen molar-refractivity contribution in [3.05, 3.63) is 53.0 Å². The molecule has 0 amide bonds. The van der Waals surface area contributed by atoms with E-state index < -0.39 is 0 Å². The van der Waals surface area contributed by atoms with Gasteiger partial charge in [0.1, 0.15) is 12.4 Å². The van der Waals surface area contributed by atoms with Crippen LogP contribution in [0.2, 0.25) is 0 Å². The number of ether oxygens (including phenoxy) is 1. The van der Waals surface area contributed by atoms with Crippen molar-refractivity contribution in [1.29, 1.82) is 0 Å². The Kier molecular flexibility index (Phi) is 4.18. The van der Waals surface area contributed by atoms with Crippen molar-refractivity contribution < 1.29 is 4.74 Å². The largest absolute Gasteiger partial charge is 0.492 e. The second-order valence-electron chi connectivity index (χ2n) is 4.22. The summed E-state index contributed by atoms with van der Waals surface area (Å²) < 4.78 is 7.88. The molecule has 0 unspecified atom stereocenters. The third-order valence-corrected chi connectivity index (χ3v) is 4.21. The van der Waals surface area contributed by atoms with Crippen LogP contribution >= 0.6 is 27.3 Å². The van der Waals surface area contributed by atoms with Gasteiger partial charge in [0.25, 0.3) is 0 Å². The number of hydrogen-bond donors (Lipinski definition) is 1. The quantitative estimate of drug-likeness (QED) is 0.686. The lowest BCUT2D eigenvalue weighted by Gasteiger charge is -2.05. The van der Waals surface area contributed by atoms with Gasteiger partial charge in [-0.05, 0) is 30.3 Å². The van der Waals surface area contributed by atoms with Crippen LogP contribution in [0, 0.1) is 0 Å². The molecule has 102 valence electrons. The number of rotatable bonds is 5. The van der Waals surface area contributed by atoms with Crippen LogP contribution in [0.1, 0.15) is 0 Å². The number of para-hydroxylation sites is 1. The summed E-state index contributed by atoms with van der Waals surface area (Å²) in [5.74, 6) is 0.891. The van der Waals surface area contributed by atoms with Crippen LogP contribution in [0.5, 0.6) is 5.75 Å². The third-order valence-electron chi connectivity index (χ3n) is 2.74. The molecule has 1 heterocycles. The highest BCUT2D eigenvalue weighted by molar-refractivity contribution is 9.10. The summed E-state index contributed by atoms with van der Waals surface area (Å²) in [7, 11) is 0. The molecule has 1 aromatic heterocycles. The van der Waals surface area contributed by atoms with Gasteiger partial charge >= 0.3 is 0 Å². The fourth-order valence-electron chi connectivity index (χ4n) is 1.82. The van der Waals surface area contributed by atoms with E-state index in [0.29, 0.717) is 6.61 Å². The molecule has 0 spiro atoms. The highest BCUT2D eigenvalue weighted by Gasteiger charge is 2.03. The zero-order chi connectivity index (χ0) is 13.8. The smallest absolute Gasteiger partial charge is 0.183 e. The Morgan fingerprint density at radius 1 is 1.15 bits per heavy atom. The predicted molar refractivity (Wildman–Crippen MR) is 87.7 cm³/mol. The minimum Gasteiger partial charge on any atom is -0.492 e. The molecule has 5 heteroatoms. The Labute approximate surface area is 129 Å². The fraction of sp³-hybridized carbons (Fsp3) is 0.133. The predicted octanol–water partition coefficient (Wildman–Crippen LogP) is 4.55. The molecular weight excluding hydrogens is 336 g/mol. The zero-order valence-corrected chi connectivity index (χ0v) is 13.1. The van der Waals surface area contributed by atoms with E-state index in [4.69, 9.17) is 4.74 Å². The molecule has 0 aliphatic rings. The minimum absolute atomic E-state index is 0.615. The average molecular weight is 349 g/mol. The molecule has 0 bridgehead atoms. The molecule has 0 radical (unpaired) electrons. The third kappa shape index (κ3) is 3.29. The molecule has 3 rings (SSSR count). The van der Waals surface area contributed by atoms with Crippen molar-refractivity contribution in [2.24, 2.45) is 0 Å². The average Bonchev–Trinajstić information content (AvgIpc) is 2.86. The first kappa shape index (κ1) is 13.4. The number of benzene rings is 2. The lowest BCUT2D eigenvalue weighted by molar-refractivity contribution is 0.333. The maximum Gasteiger partial charge on any atom is 0.183 e. The van der Waals surface area contributed by atoms with Crippen molar-refractivity contribution in [2.75, 3.05) is 18.5 Å². The summed E-state index contributed by atoms with van der Waals surface area (Å²) in [4.78, 5) is 4.53. The van der Waals surface area contributed by atoms with Crippen LogP contribution in [0.15, 0.2) is 53.0 Å². The van der Waals surface area contributed by atoms with Gasteiger partial charge in [-0.2, -0.15) is 0 Å². The van der Waals surface area contributed by atoms with E-state index in [1.54, 1.807) is 11.3 Å². The lowest BCUT2D eigenvalue weighted by atomic mass is 10.3. The van der Waals surface area contributed by atoms with E-state index in [0.717, 1.165) is 27.4 Å². The topological polar surface area (TPSA) is 34.2 Å². The Bertz CT molecular complexity index is 699. The van der Waals surface area contributed by atoms with E-state index in [1.165, 1.54) is 4.70 Å². The summed E-state index contributed by atoms with van der Waals surface area (Å²) >= 11 is 5.12. The Morgan fingerprint density at radius 2 is 2.00 bits per heavy atom. The van der Waals surface area contributed by atoms with Gasteiger partial charge in [-0.3, -0.25) is 0 Å². The normalized spacial score (nSPS) is 10.7.